The topological polar surface area (TPSA) is 29.1 Å². The van der Waals surface area contributed by atoms with Gasteiger partial charge in [-0.05, 0) is 30.7 Å². The highest BCUT2D eigenvalue weighted by atomic mass is 35.5. The maximum absolute atomic E-state index is 12.3. The van der Waals surface area contributed by atoms with E-state index in [4.69, 9.17) is 11.6 Å². The number of benzene rings is 1. The lowest BCUT2D eigenvalue weighted by atomic mass is 10.0. The molecular formula is C15H16ClNOS. The average molecular weight is 294 g/mol. The first-order valence-corrected chi connectivity index (χ1v) is 7.96. The van der Waals surface area contributed by atoms with Crippen LogP contribution in [0.3, 0.4) is 0 Å². The van der Waals surface area contributed by atoms with Gasteiger partial charge in [-0.25, -0.2) is 0 Å². The SMILES string of the molecule is O=C(NCC1(CCCl)CC1)c1csc2ccccc12. The molecule has 0 atom stereocenters. The van der Waals surface area contributed by atoms with Crippen LogP contribution >= 0.6 is 22.9 Å². The first-order chi connectivity index (χ1) is 9.24. The number of fused-ring (bicyclic) bond motifs is 1. The van der Waals surface area contributed by atoms with Crippen LogP contribution in [0, 0.1) is 5.41 Å². The van der Waals surface area contributed by atoms with Gasteiger partial charge in [-0.15, -0.1) is 22.9 Å². The molecule has 2 nitrogen and oxygen atoms in total. The molecule has 1 amide bonds. The molecule has 1 saturated carbocycles. The fourth-order valence-corrected chi connectivity index (χ4v) is 3.75. The molecule has 1 heterocycles. The average Bonchev–Trinajstić information content (AvgIpc) is 3.05. The van der Waals surface area contributed by atoms with Crippen LogP contribution in [0.15, 0.2) is 29.6 Å². The Kier molecular flexibility index (Phi) is 3.50. The molecule has 3 rings (SSSR count). The molecule has 0 saturated heterocycles. The molecular weight excluding hydrogens is 278 g/mol. The summed E-state index contributed by atoms with van der Waals surface area (Å²) in [5.41, 5.74) is 1.07. The maximum atomic E-state index is 12.3. The second-order valence-electron chi connectivity index (χ2n) is 5.27. The van der Waals surface area contributed by atoms with Crippen LogP contribution in [0.5, 0.6) is 0 Å². The number of nitrogens with one attached hydrogen (secondary N) is 1. The van der Waals surface area contributed by atoms with Gasteiger partial charge in [0.1, 0.15) is 0 Å². The van der Waals surface area contributed by atoms with E-state index in [0.717, 1.165) is 28.6 Å². The number of halogens is 1. The fourth-order valence-electron chi connectivity index (χ4n) is 2.41. The first kappa shape index (κ1) is 12.9. The summed E-state index contributed by atoms with van der Waals surface area (Å²) in [7, 11) is 0. The van der Waals surface area contributed by atoms with Crippen molar-refractivity contribution >= 4 is 38.9 Å². The predicted molar refractivity (Wildman–Crippen MR) is 81.2 cm³/mol. The Morgan fingerprint density at radius 3 is 2.89 bits per heavy atom. The Balaban J connectivity index is 1.71. The number of rotatable bonds is 5. The van der Waals surface area contributed by atoms with Gasteiger partial charge in [0.2, 0.25) is 0 Å². The maximum Gasteiger partial charge on any atom is 0.252 e. The van der Waals surface area contributed by atoms with E-state index in [1.807, 2.05) is 29.6 Å². The van der Waals surface area contributed by atoms with Gasteiger partial charge in [0.05, 0.1) is 5.56 Å². The molecule has 4 heteroatoms. The lowest BCUT2D eigenvalue weighted by Gasteiger charge is -2.14. The van der Waals surface area contributed by atoms with Crippen LogP contribution in [0.25, 0.3) is 10.1 Å². The van der Waals surface area contributed by atoms with Gasteiger partial charge >= 0.3 is 0 Å². The van der Waals surface area contributed by atoms with E-state index in [9.17, 15) is 4.79 Å². The monoisotopic (exact) mass is 293 g/mol. The molecule has 1 fully saturated rings. The molecule has 19 heavy (non-hydrogen) atoms. The van der Waals surface area contributed by atoms with Gasteiger partial charge in [-0.2, -0.15) is 0 Å². The number of hydrogen-bond acceptors (Lipinski definition) is 2. The standard InChI is InChI=1S/C15H16ClNOS/c16-8-7-15(5-6-15)10-17-14(18)12-9-19-13-4-2-1-3-11(12)13/h1-4,9H,5-8,10H2,(H,17,18). The number of carbonyl (C=O) groups is 1. The zero-order valence-corrected chi connectivity index (χ0v) is 12.2. The minimum absolute atomic E-state index is 0.0401. The summed E-state index contributed by atoms with van der Waals surface area (Å²) in [4.78, 5) is 12.3. The first-order valence-electron chi connectivity index (χ1n) is 6.55. The van der Waals surface area contributed by atoms with Crippen molar-refractivity contribution in [2.45, 2.75) is 19.3 Å². The third-order valence-electron chi connectivity index (χ3n) is 3.93. The summed E-state index contributed by atoms with van der Waals surface area (Å²) in [6, 6.07) is 8.03. The lowest BCUT2D eigenvalue weighted by Crippen LogP contribution is -2.30. The number of amides is 1. The molecule has 1 aromatic heterocycles. The third-order valence-corrected chi connectivity index (χ3v) is 5.08. The van der Waals surface area contributed by atoms with Crippen molar-refractivity contribution in [1.29, 1.82) is 0 Å². The molecule has 1 aliphatic carbocycles. The summed E-state index contributed by atoms with van der Waals surface area (Å²) in [6.07, 6.45) is 3.37. The normalized spacial score (nSPS) is 16.5. The van der Waals surface area contributed by atoms with E-state index in [2.05, 4.69) is 5.32 Å². The molecule has 2 aromatic rings. The van der Waals surface area contributed by atoms with Crippen LogP contribution in [0.2, 0.25) is 0 Å². The van der Waals surface area contributed by atoms with Crippen LogP contribution in [0.4, 0.5) is 0 Å². The fraction of sp³-hybridized carbons (Fsp3) is 0.400. The number of thiophene rings is 1. The second-order valence-corrected chi connectivity index (χ2v) is 6.56. The molecule has 0 spiro atoms. The Morgan fingerprint density at radius 1 is 1.37 bits per heavy atom. The van der Waals surface area contributed by atoms with Crippen LogP contribution in [-0.4, -0.2) is 18.3 Å². The summed E-state index contributed by atoms with van der Waals surface area (Å²) in [5.74, 6) is 0.718. The number of hydrogen-bond donors (Lipinski definition) is 1. The smallest absolute Gasteiger partial charge is 0.252 e. The Hall–Kier alpha value is -1.06. The minimum Gasteiger partial charge on any atom is -0.351 e. The van der Waals surface area contributed by atoms with Crippen LogP contribution in [-0.2, 0) is 0 Å². The van der Waals surface area contributed by atoms with E-state index in [1.54, 1.807) is 11.3 Å². The molecule has 0 unspecified atom stereocenters. The van der Waals surface area contributed by atoms with E-state index in [0.29, 0.717) is 5.88 Å². The van der Waals surface area contributed by atoms with Gasteiger partial charge in [0.25, 0.3) is 5.91 Å². The molecule has 1 aliphatic rings. The Labute approximate surface area is 121 Å². The molecule has 0 bridgehead atoms. The quantitative estimate of drug-likeness (QED) is 0.828. The number of alkyl halides is 1. The lowest BCUT2D eigenvalue weighted by molar-refractivity contribution is 0.0946. The molecule has 1 N–H and O–H groups in total. The van der Waals surface area contributed by atoms with Gasteiger partial charge in [-0.1, -0.05) is 18.2 Å². The Morgan fingerprint density at radius 2 is 2.16 bits per heavy atom. The van der Waals surface area contributed by atoms with E-state index >= 15 is 0 Å². The largest absolute Gasteiger partial charge is 0.351 e. The van der Waals surface area contributed by atoms with Gasteiger partial charge in [0, 0.05) is 27.9 Å². The van der Waals surface area contributed by atoms with Crippen molar-refractivity contribution in [3.8, 4) is 0 Å². The van der Waals surface area contributed by atoms with Crippen molar-refractivity contribution in [2.75, 3.05) is 12.4 Å². The second kappa shape index (κ2) is 5.14. The Bertz CT molecular complexity index is 603. The van der Waals surface area contributed by atoms with Crippen LogP contribution in [0.1, 0.15) is 29.6 Å². The molecule has 0 radical (unpaired) electrons. The zero-order chi connectivity index (χ0) is 13.3. The third kappa shape index (κ3) is 2.63. The van der Waals surface area contributed by atoms with Gasteiger partial charge < -0.3 is 5.32 Å². The molecule has 100 valence electrons. The minimum atomic E-state index is 0.0401. The number of carbonyl (C=O) groups excluding carboxylic acids is 1. The summed E-state index contributed by atoms with van der Waals surface area (Å²) >= 11 is 7.43. The van der Waals surface area contributed by atoms with Crippen molar-refractivity contribution in [3.63, 3.8) is 0 Å². The highest BCUT2D eigenvalue weighted by Crippen LogP contribution is 2.48. The van der Waals surface area contributed by atoms with Gasteiger partial charge in [-0.3, -0.25) is 4.79 Å². The van der Waals surface area contributed by atoms with Gasteiger partial charge in [0.15, 0.2) is 0 Å². The summed E-state index contributed by atoms with van der Waals surface area (Å²) in [5, 5.41) is 6.07. The summed E-state index contributed by atoms with van der Waals surface area (Å²) in [6.45, 7) is 0.753. The molecule has 0 aliphatic heterocycles. The van der Waals surface area contributed by atoms with Crippen molar-refractivity contribution in [3.05, 3.63) is 35.2 Å². The van der Waals surface area contributed by atoms with Crippen molar-refractivity contribution < 1.29 is 4.79 Å². The van der Waals surface area contributed by atoms with Crippen molar-refractivity contribution in [2.24, 2.45) is 5.41 Å². The predicted octanol–water partition coefficient (Wildman–Crippen LogP) is 4.04. The van der Waals surface area contributed by atoms with E-state index in [1.165, 1.54) is 12.8 Å². The molecule has 1 aromatic carbocycles. The van der Waals surface area contributed by atoms with E-state index in [-0.39, 0.29) is 11.3 Å². The van der Waals surface area contributed by atoms with E-state index < -0.39 is 0 Å². The summed E-state index contributed by atoms with van der Waals surface area (Å²) < 4.78 is 1.16. The van der Waals surface area contributed by atoms with Crippen molar-refractivity contribution in [1.82, 2.24) is 5.32 Å². The highest BCUT2D eigenvalue weighted by Gasteiger charge is 2.41. The highest BCUT2D eigenvalue weighted by molar-refractivity contribution is 7.17. The zero-order valence-electron chi connectivity index (χ0n) is 10.6. The van der Waals surface area contributed by atoms with Crippen LogP contribution < -0.4 is 5.32 Å².